The van der Waals surface area contributed by atoms with Gasteiger partial charge in [-0.1, -0.05) is 19.6 Å². The first-order valence-corrected chi connectivity index (χ1v) is 12.6. The van der Waals surface area contributed by atoms with Gasteiger partial charge >= 0.3 is 5.69 Å². The lowest BCUT2D eigenvalue weighted by molar-refractivity contribution is -0.208. The standard InChI is InChI=1S/C18H26N2O9Si/c1-10(22)16(27)15(9-21,30(4,5)6)29-18(12(3)24,17(16,28)11(2)23)20-8-7-13(25)19-14(20)26/h7-8,21,27-28H,9H2,1-6H3,(H,19,25,26)/t15-,16+,17+,18+/m0/s1. The number of carbonyl (C=O) groups excluding carboxylic acids is 3. The number of nitrogens with zero attached hydrogens (tertiary/aromatic N) is 1. The topological polar surface area (TPSA) is 176 Å². The van der Waals surface area contributed by atoms with Crippen molar-refractivity contribution in [2.45, 2.75) is 62.6 Å². The van der Waals surface area contributed by atoms with Gasteiger partial charge in [0, 0.05) is 12.3 Å². The molecule has 11 nitrogen and oxygen atoms in total. The highest BCUT2D eigenvalue weighted by molar-refractivity contribution is 6.80. The minimum atomic E-state index is -3.30. The molecule has 1 aromatic heterocycles. The van der Waals surface area contributed by atoms with Gasteiger partial charge in [-0.15, -0.1) is 0 Å². The molecule has 4 atom stereocenters. The lowest BCUT2D eigenvalue weighted by Gasteiger charge is -2.48. The van der Waals surface area contributed by atoms with Crippen molar-refractivity contribution in [2.24, 2.45) is 0 Å². The van der Waals surface area contributed by atoms with Crippen LogP contribution in [0.5, 0.6) is 0 Å². The third-order valence-electron chi connectivity index (χ3n) is 6.01. The Kier molecular flexibility index (Phi) is 5.51. The van der Waals surface area contributed by atoms with E-state index in [0.717, 1.165) is 33.0 Å². The average molecular weight is 442 g/mol. The van der Waals surface area contributed by atoms with Gasteiger partial charge < -0.3 is 20.1 Å². The van der Waals surface area contributed by atoms with Crippen LogP contribution in [0.1, 0.15) is 20.8 Å². The summed E-state index contributed by atoms with van der Waals surface area (Å²) in [7, 11) is -3.10. The van der Waals surface area contributed by atoms with Crippen LogP contribution in [-0.4, -0.2) is 73.3 Å². The van der Waals surface area contributed by atoms with Crippen molar-refractivity contribution in [1.82, 2.24) is 9.55 Å². The van der Waals surface area contributed by atoms with Gasteiger partial charge in [0.1, 0.15) is 5.22 Å². The molecule has 1 aliphatic heterocycles. The second-order valence-corrected chi connectivity index (χ2v) is 13.9. The fourth-order valence-corrected chi connectivity index (χ4v) is 6.80. The lowest BCUT2D eigenvalue weighted by atomic mass is 9.69. The van der Waals surface area contributed by atoms with Crippen LogP contribution in [0.4, 0.5) is 0 Å². The minimum Gasteiger partial charge on any atom is -0.394 e. The molecule has 0 amide bonds. The zero-order valence-electron chi connectivity index (χ0n) is 17.6. The number of Topliss-reactive ketones (excluding diaryl/α,β-unsaturated/α-hetero) is 3. The maximum absolute atomic E-state index is 13.0. The summed E-state index contributed by atoms with van der Waals surface area (Å²) in [6.45, 7) is 6.32. The molecule has 0 bridgehead atoms. The Morgan fingerprint density at radius 3 is 1.87 bits per heavy atom. The molecule has 166 valence electrons. The Hall–Kier alpha value is -2.25. The summed E-state index contributed by atoms with van der Waals surface area (Å²) >= 11 is 0. The summed E-state index contributed by atoms with van der Waals surface area (Å²) in [6, 6.07) is 0.844. The van der Waals surface area contributed by atoms with Gasteiger partial charge in [0.15, 0.2) is 23.0 Å². The molecule has 0 aliphatic carbocycles. The Morgan fingerprint density at radius 1 is 1.03 bits per heavy atom. The number of nitrogens with one attached hydrogen (secondary N) is 1. The van der Waals surface area contributed by atoms with Crippen LogP contribution in [0.25, 0.3) is 0 Å². The number of aliphatic hydroxyl groups is 3. The minimum absolute atomic E-state index is 0.462. The van der Waals surface area contributed by atoms with Crippen LogP contribution in [0.2, 0.25) is 19.6 Å². The smallest absolute Gasteiger partial charge is 0.331 e. The summed E-state index contributed by atoms with van der Waals surface area (Å²) in [6.07, 6.45) is 0.814. The number of aliphatic hydroxyl groups excluding tert-OH is 1. The predicted molar refractivity (Wildman–Crippen MR) is 105 cm³/mol. The molecule has 1 fully saturated rings. The maximum Gasteiger partial charge on any atom is 0.331 e. The van der Waals surface area contributed by atoms with Gasteiger partial charge in [0.2, 0.25) is 11.3 Å². The summed E-state index contributed by atoms with van der Waals surface area (Å²) < 4.78 is 6.40. The first-order chi connectivity index (χ1) is 13.5. The van der Waals surface area contributed by atoms with E-state index in [4.69, 9.17) is 4.74 Å². The van der Waals surface area contributed by atoms with Crippen molar-refractivity contribution in [1.29, 1.82) is 0 Å². The van der Waals surface area contributed by atoms with Crippen molar-refractivity contribution < 1.29 is 34.4 Å². The molecule has 0 saturated carbocycles. The van der Waals surface area contributed by atoms with Gasteiger partial charge in [-0.3, -0.25) is 28.7 Å². The van der Waals surface area contributed by atoms with Gasteiger partial charge in [0.25, 0.3) is 5.56 Å². The first-order valence-electron chi connectivity index (χ1n) is 9.12. The molecule has 0 spiro atoms. The van der Waals surface area contributed by atoms with Gasteiger partial charge in [-0.2, -0.15) is 0 Å². The van der Waals surface area contributed by atoms with Crippen molar-refractivity contribution >= 4 is 25.4 Å². The van der Waals surface area contributed by atoms with Crippen molar-refractivity contribution in [2.75, 3.05) is 6.61 Å². The predicted octanol–water partition coefficient (Wildman–Crippen LogP) is -1.94. The van der Waals surface area contributed by atoms with Crippen molar-refractivity contribution in [3.05, 3.63) is 33.1 Å². The third kappa shape index (κ3) is 2.48. The molecular formula is C18H26N2O9Si. The van der Waals surface area contributed by atoms with E-state index in [0.29, 0.717) is 4.57 Å². The Labute approximate surface area is 172 Å². The molecular weight excluding hydrogens is 416 g/mol. The second kappa shape index (κ2) is 6.88. The highest BCUT2D eigenvalue weighted by atomic mass is 28.3. The number of hydrogen-bond acceptors (Lipinski definition) is 9. The largest absolute Gasteiger partial charge is 0.394 e. The van der Waals surface area contributed by atoms with Gasteiger partial charge in [-0.05, 0) is 20.8 Å². The van der Waals surface area contributed by atoms with E-state index >= 15 is 0 Å². The van der Waals surface area contributed by atoms with E-state index in [1.807, 2.05) is 4.98 Å². The van der Waals surface area contributed by atoms with Crippen molar-refractivity contribution in [3.8, 4) is 0 Å². The summed E-state index contributed by atoms with van der Waals surface area (Å²) in [4.78, 5) is 64.7. The number of ether oxygens (including phenoxy) is 1. The number of aromatic nitrogens is 2. The molecule has 1 saturated heterocycles. The van der Waals surface area contributed by atoms with Crippen LogP contribution < -0.4 is 11.2 Å². The molecule has 12 heteroatoms. The lowest BCUT2D eigenvalue weighted by Crippen LogP contribution is -2.78. The quantitative estimate of drug-likeness (QED) is 0.365. The Morgan fingerprint density at radius 2 is 1.53 bits per heavy atom. The van der Waals surface area contributed by atoms with Gasteiger partial charge in [0.05, 0.1) is 14.7 Å². The maximum atomic E-state index is 13.0. The normalized spacial score (nSPS) is 34.0. The Bertz CT molecular complexity index is 1040. The van der Waals surface area contributed by atoms with E-state index in [2.05, 4.69) is 0 Å². The summed E-state index contributed by atoms with van der Waals surface area (Å²) in [5, 5.41) is 31.5. The van der Waals surface area contributed by atoms with E-state index in [1.54, 1.807) is 19.6 Å². The molecule has 0 unspecified atom stereocenters. The zero-order chi connectivity index (χ0) is 23.5. The fourth-order valence-electron chi connectivity index (χ4n) is 4.43. The molecule has 30 heavy (non-hydrogen) atoms. The van der Waals surface area contributed by atoms with Crippen molar-refractivity contribution in [3.63, 3.8) is 0 Å². The van der Waals surface area contributed by atoms with E-state index in [9.17, 15) is 39.3 Å². The number of aromatic amines is 1. The van der Waals surface area contributed by atoms with Crippen LogP contribution in [0.3, 0.4) is 0 Å². The molecule has 1 aromatic rings. The molecule has 1 aliphatic rings. The molecule has 0 aromatic carbocycles. The molecule has 0 radical (unpaired) electrons. The van der Waals surface area contributed by atoms with Crippen LogP contribution in [0, 0.1) is 0 Å². The van der Waals surface area contributed by atoms with Crippen LogP contribution in [-0.2, 0) is 24.8 Å². The monoisotopic (exact) mass is 442 g/mol. The summed E-state index contributed by atoms with van der Waals surface area (Å²) in [5.74, 6) is -3.50. The van der Waals surface area contributed by atoms with Crippen LogP contribution >= 0.6 is 0 Å². The van der Waals surface area contributed by atoms with Gasteiger partial charge in [-0.25, -0.2) is 4.79 Å². The number of rotatable bonds is 6. The zero-order valence-corrected chi connectivity index (χ0v) is 18.6. The van der Waals surface area contributed by atoms with E-state index in [-0.39, 0.29) is 0 Å². The average Bonchev–Trinajstić information content (AvgIpc) is 2.80. The fraction of sp³-hybridized carbons (Fsp3) is 0.611. The van der Waals surface area contributed by atoms with E-state index in [1.165, 1.54) is 0 Å². The first kappa shape index (κ1) is 24.0. The number of hydrogen-bond donors (Lipinski definition) is 4. The number of H-pyrrole nitrogens is 1. The Balaban J connectivity index is 3.24. The third-order valence-corrected chi connectivity index (χ3v) is 9.06. The number of carbonyl (C=O) groups is 3. The number of ketones is 3. The highest BCUT2D eigenvalue weighted by Gasteiger charge is 2.87. The summed E-state index contributed by atoms with van der Waals surface area (Å²) in [5.41, 5.74) is -11.4. The van der Waals surface area contributed by atoms with Crippen LogP contribution in [0.15, 0.2) is 21.9 Å². The highest BCUT2D eigenvalue weighted by Crippen LogP contribution is 2.58. The molecule has 2 rings (SSSR count). The van der Waals surface area contributed by atoms with E-state index < -0.39 is 65.4 Å². The molecule has 2 heterocycles. The molecule has 4 N–H and O–H groups in total. The second-order valence-electron chi connectivity index (χ2n) is 8.55. The SMILES string of the molecule is CC(=O)[C@@]1(O)[C@@](O)(C(C)=O)[C@](CO)([Si](C)(C)C)O[C@@]1(C(C)=O)n1ccc(=O)[nH]c1=O.